The monoisotopic (exact) mass is 1110 g/mol. The summed E-state index contributed by atoms with van der Waals surface area (Å²) in [6.07, 6.45) is 11.2. The fourth-order valence-corrected chi connectivity index (χ4v) is 15.5. The van der Waals surface area contributed by atoms with Crippen LogP contribution in [0.1, 0.15) is 52.8 Å². The summed E-state index contributed by atoms with van der Waals surface area (Å²) >= 11 is 1.99. The molecular weight excluding hydrogens is 1040 g/mol. The van der Waals surface area contributed by atoms with Crippen molar-refractivity contribution in [2.24, 2.45) is 0 Å². The maximum Gasteiger partial charge on any atom is 0.131 e. The van der Waals surface area contributed by atoms with Gasteiger partial charge in [-0.3, -0.25) is 0 Å². The third-order valence-corrected chi connectivity index (χ3v) is 19.8. The molecular formula is C70H69F2N9S. The van der Waals surface area contributed by atoms with Gasteiger partial charge in [-0.15, -0.1) is 0 Å². The zero-order valence-corrected chi connectivity index (χ0v) is 48.7. The van der Waals surface area contributed by atoms with E-state index in [0.717, 1.165) is 43.1 Å². The summed E-state index contributed by atoms with van der Waals surface area (Å²) in [6, 6.07) is 58.4. The van der Waals surface area contributed by atoms with Crippen LogP contribution < -0.4 is 34.3 Å². The molecule has 0 spiro atoms. The fraction of sp³-hybridized carbons (Fsp3) is 0.257. The molecule has 0 saturated heterocycles. The first-order valence-electron chi connectivity index (χ1n) is 28.8. The van der Waals surface area contributed by atoms with Gasteiger partial charge in [0.1, 0.15) is 36.3 Å². The quantitative estimate of drug-likeness (QED) is 0.146. The van der Waals surface area contributed by atoms with Gasteiger partial charge in [-0.1, -0.05) is 109 Å². The molecule has 8 aromatic carbocycles. The lowest BCUT2D eigenvalue weighted by Crippen LogP contribution is -2.36. The van der Waals surface area contributed by atoms with Crippen LogP contribution in [0.5, 0.6) is 0 Å². The van der Waals surface area contributed by atoms with E-state index >= 15 is 0 Å². The van der Waals surface area contributed by atoms with E-state index in [4.69, 9.17) is 0 Å². The van der Waals surface area contributed by atoms with Gasteiger partial charge in [0.15, 0.2) is 0 Å². The van der Waals surface area contributed by atoms with Gasteiger partial charge in [-0.25, -0.2) is 8.78 Å². The van der Waals surface area contributed by atoms with E-state index < -0.39 is 11.6 Å². The number of thioether (sulfide) groups is 1. The summed E-state index contributed by atoms with van der Waals surface area (Å²) < 4.78 is 27.3. The maximum atomic E-state index is 13.9. The number of halogens is 2. The van der Waals surface area contributed by atoms with E-state index in [9.17, 15) is 8.78 Å². The number of hydrogen-bond acceptors (Lipinski definition) is 10. The minimum absolute atomic E-state index is 0.0451. The van der Waals surface area contributed by atoms with Crippen LogP contribution in [0.25, 0.3) is 0 Å². The lowest BCUT2D eigenvalue weighted by molar-refractivity contribution is 0.344. The van der Waals surface area contributed by atoms with Crippen molar-refractivity contribution in [3.63, 3.8) is 0 Å². The SMILES string of the molecule is CC1=CN2c3cc(C)cc(C)c3CC2N1C.CC1=CN2c3ccccc3CC2N1C.CN1c2ccccc2N2c3cc(F)cc(F)c3CC12.CN1c2ccccc2N2c3ccccc3CC12.c1ccc2c(c1)CC1Sc3ccccc3N21. The molecule has 0 saturated carbocycles. The second-order valence-corrected chi connectivity index (χ2v) is 24.4. The summed E-state index contributed by atoms with van der Waals surface area (Å²) in [5.74, 6) is -0.973. The molecule has 10 aliphatic rings. The van der Waals surface area contributed by atoms with Crippen molar-refractivity contribution < 1.29 is 8.78 Å². The van der Waals surface area contributed by atoms with Crippen molar-refractivity contribution in [2.75, 3.05) is 62.5 Å². The average molecular weight is 1110 g/mol. The molecule has 0 aromatic heterocycles. The molecule has 8 aromatic rings. The first-order chi connectivity index (χ1) is 39.8. The number of hydrogen-bond donors (Lipinski definition) is 0. The highest BCUT2D eigenvalue weighted by Gasteiger charge is 2.44. The minimum Gasteiger partial charge on any atom is -0.356 e. The Bertz CT molecular complexity index is 3850. The molecule has 0 bridgehead atoms. The van der Waals surface area contributed by atoms with Crippen molar-refractivity contribution in [3.8, 4) is 0 Å². The first kappa shape index (κ1) is 51.8. The number of anilines is 10. The minimum atomic E-state index is -0.524. The lowest BCUT2D eigenvalue weighted by atomic mass is 10.0. The summed E-state index contributed by atoms with van der Waals surface area (Å²) in [6.45, 7) is 8.75. The number of likely N-dealkylation sites (N-methyl/N-ethyl adjacent to an activating group) is 4. The number of nitrogens with zero attached hydrogens (tertiary/aromatic N) is 9. The summed E-state index contributed by atoms with van der Waals surface area (Å²) in [5, 5.41) is 0.579. The Labute approximate surface area is 486 Å². The average Bonchev–Trinajstić information content (AvgIpc) is 4.58. The van der Waals surface area contributed by atoms with Crippen LogP contribution in [0.15, 0.2) is 199 Å². The Hall–Kier alpha value is -8.35. The number of aryl methyl sites for hydroxylation is 2. The van der Waals surface area contributed by atoms with Gasteiger partial charge in [0.25, 0.3) is 0 Å². The highest BCUT2D eigenvalue weighted by molar-refractivity contribution is 8.00. The Kier molecular flexibility index (Phi) is 12.8. The van der Waals surface area contributed by atoms with Crippen LogP contribution >= 0.6 is 11.8 Å². The van der Waals surface area contributed by atoms with Crippen LogP contribution in [0.3, 0.4) is 0 Å². The maximum absolute atomic E-state index is 13.9. The Morgan fingerprint density at radius 1 is 0.378 bits per heavy atom. The van der Waals surface area contributed by atoms with Gasteiger partial charge in [-0.05, 0) is 128 Å². The number of rotatable bonds is 0. The molecule has 0 aliphatic carbocycles. The molecule has 5 unspecified atom stereocenters. The molecule has 5 atom stereocenters. The van der Waals surface area contributed by atoms with Crippen LogP contribution in [-0.2, 0) is 32.1 Å². The van der Waals surface area contributed by atoms with Gasteiger partial charge in [0, 0.05) is 123 Å². The van der Waals surface area contributed by atoms with E-state index in [1.165, 1.54) is 95.5 Å². The van der Waals surface area contributed by atoms with Crippen LogP contribution in [0.2, 0.25) is 0 Å². The fourth-order valence-electron chi connectivity index (χ4n) is 14.2. The molecule has 0 N–H and O–H groups in total. The van der Waals surface area contributed by atoms with Crippen LogP contribution in [0.4, 0.5) is 65.7 Å². The highest BCUT2D eigenvalue weighted by Crippen LogP contribution is 2.54. The Morgan fingerprint density at radius 3 is 1.46 bits per heavy atom. The van der Waals surface area contributed by atoms with E-state index in [1.807, 2.05) is 48.0 Å². The van der Waals surface area contributed by atoms with Crippen molar-refractivity contribution in [1.82, 2.24) is 9.80 Å². The third-order valence-electron chi connectivity index (χ3n) is 18.5. The number of fused-ring (bicyclic) bond motifs is 21. The molecule has 18 rings (SSSR count). The molecule has 12 heteroatoms. The van der Waals surface area contributed by atoms with Crippen molar-refractivity contribution >= 4 is 68.6 Å². The van der Waals surface area contributed by atoms with E-state index in [0.29, 0.717) is 41.5 Å². The number of allylic oxidation sites excluding steroid dienone is 2. The van der Waals surface area contributed by atoms with Gasteiger partial charge < -0.3 is 44.1 Å². The molecule has 9 nitrogen and oxygen atoms in total. The second-order valence-electron chi connectivity index (χ2n) is 23.2. The third kappa shape index (κ3) is 8.46. The lowest BCUT2D eigenvalue weighted by Gasteiger charge is -2.24. The van der Waals surface area contributed by atoms with Crippen LogP contribution in [-0.4, -0.2) is 68.0 Å². The molecule has 0 fully saturated rings. The highest BCUT2D eigenvalue weighted by atomic mass is 32.2. The van der Waals surface area contributed by atoms with E-state index in [2.05, 4.69) is 234 Å². The molecule has 10 aliphatic heterocycles. The van der Waals surface area contributed by atoms with E-state index in [-0.39, 0.29) is 6.17 Å². The summed E-state index contributed by atoms with van der Waals surface area (Å²) in [7, 11) is 8.53. The predicted octanol–water partition coefficient (Wildman–Crippen LogP) is 15.4. The van der Waals surface area contributed by atoms with Gasteiger partial charge >= 0.3 is 0 Å². The number of benzene rings is 8. The molecule has 0 radical (unpaired) electrons. The van der Waals surface area contributed by atoms with Gasteiger partial charge in [0.2, 0.25) is 0 Å². The second kappa shape index (κ2) is 20.3. The van der Waals surface area contributed by atoms with E-state index in [1.54, 1.807) is 0 Å². The smallest absolute Gasteiger partial charge is 0.131 e. The Morgan fingerprint density at radius 2 is 0.829 bits per heavy atom. The van der Waals surface area contributed by atoms with Gasteiger partial charge in [-0.2, -0.15) is 0 Å². The molecule has 10 heterocycles. The number of para-hydroxylation sites is 8. The molecule has 0 amide bonds. The molecule has 414 valence electrons. The van der Waals surface area contributed by atoms with Crippen LogP contribution in [0, 0.1) is 25.5 Å². The largest absolute Gasteiger partial charge is 0.356 e. The van der Waals surface area contributed by atoms with Crippen molar-refractivity contribution in [1.29, 1.82) is 0 Å². The van der Waals surface area contributed by atoms with Crippen molar-refractivity contribution in [3.05, 3.63) is 244 Å². The van der Waals surface area contributed by atoms with Gasteiger partial charge in [0.05, 0.1) is 39.5 Å². The van der Waals surface area contributed by atoms with Crippen molar-refractivity contribution in [2.45, 2.75) is 94.7 Å². The standard InChI is InChI=1S/C15H12F2N2.C15H14N2.C14H18N2.C14H11NS.C12H14N2/c1-18-12-4-2-3-5-13(12)19-14-7-9(16)6-11(17)10(14)8-15(18)19;1-16-13-8-4-5-9-14(13)17-12-7-3-2-6-11(12)10-15(16)17;1-9-5-10(2)12-7-14-15(4)11(3)8-16(14)13(12)6-9;1-2-6-11-10(5-1)9-14-15(11)12-7-3-4-8-13(12)16-14;1-9-8-14-11-6-4-3-5-10(11)7-12(14)13(9)2/h2-7,15H,8H2,1H3;2-9,15H,10H2,1H3;5-6,8,14H,7H2,1-4H3;1-8,14H,9H2;3-6,8,12H,7H2,1-2H3. The molecule has 82 heavy (non-hydrogen) atoms. The first-order valence-corrected chi connectivity index (χ1v) is 29.7. The topological polar surface area (TPSA) is 29.2 Å². The Balaban J connectivity index is 0.0000000920. The summed E-state index contributed by atoms with van der Waals surface area (Å²) in [4.78, 5) is 22.4. The normalized spacial score (nSPS) is 21.0. The zero-order chi connectivity index (χ0) is 56.2. The summed E-state index contributed by atoms with van der Waals surface area (Å²) in [5.41, 5.74) is 24.4. The zero-order valence-electron chi connectivity index (χ0n) is 47.9. The predicted molar refractivity (Wildman–Crippen MR) is 335 cm³/mol.